The first-order valence-corrected chi connectivity index (χ1v) is 7.18. The summed E-state index contributed by atoms with van der Waals surface area (Å²) in [7, 11) is 3.32. The molecule has 0 saturated heterocycles. The number of methoxy groups -OCH3 is 2. The van der Waals surface area contributed by atoms with Gasteiger partial charge in [0.1, 0.15) is 0 Å². The standard InChI is InChI=1S/C16H13NO2S/c1-18-12-7-10-11(8-13(12)19-2)17-15-9-5-3-4-6-14(9)20-16(10)15/h3-8,17H,1-2H3. The number of fused-ring (bicyclic) bond motifs is 5. The third-order valence-corrected chi connectivity index (χ3v) is 4.83. The van der Waals surface area contributed by atoms with Gasteiger partial charge in [-0.15, -0.1) is 11.3 Å². The number of thiophene rings is 1. The normalized spacial score (nSPS) is 11.5. The van der Waals surface area contributed by atoms with E-state index in [1.165, 1.54) is 25.7 Å². The molecule has 0 saturated carbocycles. The Bertz CT molecular complexity index is 936. The Balaban J connectivity index is 2.16. The number of rotatable bonds is 2. The first-order chi connectivity index (χ1) is 9.81. The molecule has 0 spiro atoms. The van der Waals surface area contributed by atoms with Gasteiger partial charge in [-0.1, -0.05) is 18.2 Å². The molecular weight excluding hydrogens is 270 g/mol. The van der Waals surface area contributed by atoms with Crippen molar-refractivity contribution in [3.63, 3.8) is 0 Å². The predicted octanol–water partition coefficient (Wildman–Crippen LogP) is 4.55. The molecule has 0 amide bonds. The number of benzene rings is 2. The lowest BCUT2D eigenvalue weighted by atomic mass is 10.2. The van der Waals surface area contributed by atoms with Crippen LogP contribution in [0.1, 0.15) is 0 Å². The molecule has 1 N–H and O–H groups in total. The van der Waals surface area contributed by atoms with Gasteiger partial charge in [-0.2, -0.15) is 0 Å². The fraction of sp³-hybridized carbons (Fsp3) is 0.125. The van der Waals surface area contributed by atoms with Crippen LogP contribution in [0.5, 0.6) is 11.5 Å². The number of H-pyrrole nitrogens is 1. The summed E-state index contributed by atoms with van der Waals surface area (Å²) in [5.74, 6) is 1.51. The second-order valence-electron chi connectivity index (χ2n) is 4.68. The molecule has 20 heavy (non-hydrogen) atoms. The van der Waals surface area contributed by atoms with Crippen molar-refractivity contribution in [2.75, 3.05) is 14.2 Å². The van der Waals surface area contributed by atoms with Crippen LogP contribution in [0.2, 0.25) is 0 Å². The lowest BCUT2D eigenvalue weighted by Crippen LogP contribution is -1.89. The predicted molar refractivity (Wildman–Crippen MR) is 84.3 cm³/mol. The zero-order valence-corrected chi connectivity index (χ0v) is 12.0. The van der Waals surface area contributed by atoms with Gasteiger partial charge in [0.15, 0.2) is 11.5 Å². The summed E-state index contributed by atoms with van der Waals surface area (Å²) in [4.78, 5) is 3.50. The third-order valence-electron chi connectivity index (χ3n) is 3.62. The van der Waals surface area contributed by atoms with Gasteiger partial charge >= 0.3 is 0 Å². The van der Waals surface area contributed by atoms with Crippen molar-refractivity contribution in [3.05, 3.63) is 36.4 Å². The Labute approximate surface area is 119 Å². The zero-order chi connectivity index (χ0) is 13.7. The van der Waals surface area contributed by atoms with Crippen LogP contribution in [0.4, 0.5) is 0 Å². The highest BCUT2D eigenvalue weighted by molar-refractivity contribution is 7.26. The quantitative estimate of drug-likeness (QED) is 0.585. The molecule has 0 aliphatic heterocycles. The molecule has 0 aliphatic rings. The average Bonchev–Trinajstić information content (AvgIpc) is 3.01. The van der Waals surface area contributed by atoms with Crippen LogP contribution < -0.4 is 9.47 Å². The van der Waals surface area contributed by atoms with Crippen molar-refractivity contribution >= 4 is 42.5 Å². The van der Waals surface area contributed by atoms with Gasteiger partial charge < -0.3 is 14.5 Å². The maximum Gasteiger partial charge on any atom is 0.162 e. The van der Waals surface area contributed by atoms with Crippen LogP contribution in [-0.2, 0) is 0 Å². The molecular formula is C16H13NO2S. The van der Waals surface area contributed by atoms with Gasteiger partial charge in [-0.05, 0) is 12.1 Å². The smallest absolute Gasteiger partial charge is 0.162 e. The monoisotopic (exact) mass is 283 g/mol. The number of nitrogens with one attached hydrogen (secondary N) is 1. The van der Waals surface area contributed by atoms with Gasteiger partial charge in [-0.3, -0.25) is 0 Å². The summed E-state index contributed by atoms with van der Waals surface area (Å²) in [6, 6.07) is 12.5. The third kappa shape index (κ3) is 1.45. The van der Waals surface area contributed by atoms with E-state index >= 15 is 0 Å². The molecule has 4 rings (SSSR count). The van der Waals surface area contributed by atoms with Crippen LogP contribution in [-0.4, -0.2) is 19.2 Å². The van der Waals surface area contributed by atoms with Crippen molar-refractivity contribution in [3.8, 4) is 11.5 Å². The largest absolute Gasteiger partial charge is 0.493 e. The van der Waals surface area contributed by atoms with E-state index < -0.39 is 0 Å². The number of aromatic nitrogens is 1. The fourth-order valence-electron chi connectivity index (χ4n) is 2.66. The maximum atomic E-state index is 5.40. The Hall–Kier alpha value is -2.20. The number of hydrogen-bond donors (Lipinski definition) is 1. The molecule has 0 aliphatic carbocycles. The Morgan fingerprint density at radius 3 is 2.50 bits per heavy atom. The van der Waals surface area contributed by atoms with Crippen molar-refractivity contribution in [2.24, 2.45) is 0 Å². The van der Waals surface area contributed by atoms with Crippen LogP contribution in [0, 0.1) is 0 Å². The SMILES string of the molecule is COc1cc2[nH]c3c4ccccc4sc3c2cc1OC. The minimum absolute atomic E-state index is 0.748. The summed E-state index contributed by atoms with van der Waals surface area (Å²) >= 11 is 1.80. The average molecular weight is 283 g/mol. The Morgan fingerprint density at radius 2 is 1.70 bits per heavy atom. The fourth-order valence-corrected chi connectivity index (χ4v) is 3.85. The minimum atomic E-state index is 0.748. The highest BCUT2D eigenvalue weighted by Gasteiger charge is 2.14. The molecule has 3 nitrogen and oxygen atoms in total. The van der Waals surface area contributed by atoms with E-state index in [0.29, 0.717) is 0 Å². The van der Waals surface area contributed by atoms with E-state index in [4.69, 9.17) is 9.47 Å². The minimum Gasteiger partial charge on any atom is -0.493 e. The van der Waals surface area contributed by atoms with Crippen molar-refractivity contribution in [1.82, 2.24) is 4.98 Å². The van der Waals surface area contributed by atoms with E-state index in [9.17, 15) is 0 Å². The lowest BCUT2D eigenvalue weighted by Gasteiger charge is -2.06. The zero-order valence-electron chi connectivity index (χ0n) is 11.2. The lowest BCUT2D eigenvalue weighted by molar-refractivity contribution is 0.356. The number of ether oxygens (including phenoxy) is 2. The van der Waals surface area contributed by atoms with Crippen molar-refractivity contribution in [2.45, 2.75) is 0 Å². The van der Waals surface area contributed by atoms with E-state index in [2.05, 4.69) is 29.2 Å². The maximum absolute atomic E-state index is 5.40. The Kier molecular flexibility index (Phi) is 2.41. The van der Waals surface area contributed by atoms with Crippen LogP contribution in [0.25, 0.3) is 31.2 Å². The summed E-state index contributed by atoms with van der Waals surface area (Å²) in [5, 5.41) is 2.44. The van der Waals surface area contributed by atoms with Crippen molar-refractivity contribution < 1.29 is 9.47 Å². The molecule has 4 aromatic rings. The number of hydrogen-bond acceptors (Lipinski definition) is 3. The second kappa shape index (κ2) is 4.15. The van der Waals surface area contributed by atoms with Gasteiger partial charge in [0, 0.05) is 21.5 Å². The van der Waals surface area contributed by atoms with Crippen molar-refractivity contribution in [1.29, 1.82) is 0 Å². The van der Waals surface area contributed by atoms with E-state index in [-0.39, 0.29) is 0 Å². The van der Waals surface area contributed by atoms with E-state index in [1.54, 1.807) is 25.6 Å². The number of aromatic amines is 1. The summed E-state index contributed by atoms with van der Waals surface area (Å²) in [6.45, 7) is 0. The second-order valence-corrected chi connectivity index (χ2v) is 5.73. The molecule has 0 atom stereocenters. The highest BCUT2D eigenvalue weighted by Crippen LogP contribution is 2.41. The molecule has 100 valence electrons. The van der Waals surface area contributed by atoms with Crippen LogP contribution >= 0.6 is 11.3 Å². The van der Waals surface area contributed by atoms with E-state index in [0.717, 1.165) is 17.0 Å². The molecule has 2 aromatic heterocycles. The molecule has 0 fully saturated rings. The highest BCUT2D eigenvalue weighted by atomic mass is 32.1. The summed E-state index contributed by atoms with van der Waals surface area (Å²) < 4.78 is 13.3. The van der Waals surface area contributed by atoms with Gasteiger partial charge in [0.05, 0.1) is 30.0 Å². The van der Waals surface area contributed by atoms with E-state index in [1.807, 2.05) is 12.1 Å². The van der Waals surface area contributed by atoms with Gasteiger partial charge in [0.25, 0.3) is 0 Å². The molecule has 4 heteroatoms. The summed E-state index contributed by atoms with van der Waals surface area (Å²) in [6.07, 6.45) is 0. The molecule has 0 unspecified atom stereocenters. The van der Waals surface area contributed by atoms with Crippen LogP contribution in [0.15, 0.2) is 36.4 Å². The van der Waals surface area contributed by atoms with Gasteiger partial charge in [0.2, 0.25) is 0 Å². The molecule has 2 aromatic carbocycles. The molecule has 2 heterocycles. The molecule has 0 bridgehead atoms. The first-order valence-electron chi connectivity index (χ1n) is 6.37. The summed E-state index contributed by atoms with van der Waals surface area (Å²) in [5.41, 5.74) is 2.27. The molecule has 0 radical (unpaired) electrons. The topological polar surface area (TPSA) is 34.2 Å². The Morgan fingerprint density at radius 1 is 0.950 bits per heavy atom. The first kappa shape index (κ1) is 11.6. The van der Waals surface area contributed by atoms with Crippen LogP contribution in [0.3, 0.4) is 0 Å². The van der Waals surface area contributed by atoms with Gasteiger partial charge in [-0.25, -0.2) is 0 Å².